The van der Waals surface area contributed by atoms with Crippen molar-refractivity contribution in [3.63, 3.8) is 0 Å². The van der Waals surface area contributed by atoms with E-state index in [-0.39, 0.29) is 19.0 Å². The predicted molar refractivity (Wildman–Crippen MR) is 95.6 cm³/mol. The van der Waals surface area contributed by atoms with Crippen molar-refractivity contribution in [3.05, 3.63) is 0 Å². The van der Waals surface area contributed by atoms with Crippen molar-refractivity contribution in [2.75, 3.05) is 20.3 Å². The minimum Gasteiger partial charge on any atom is -0.480 e. The molecule has 1 atom stereocenters. The molecule has 0 saturated carbocycles. The lowest BCUT2D eigenvalue weighted by molar-refractivity contribution is -0.139. The first-order valence-electron chi connectivity index (χ1n) is 8.27. The highest BCUT2D eigenvalue weighted by Crippen LogP contribution is 2.09. The molecule has 0 fully saturated rings. The normalized spacial score (nSPS) is 11.1. The molecule has 0 bridgehead atoms. The molecule has 0 amide bonds. The molecular formula is C16H37ClN2O3. The minimum atomic E-state index is -1.04. The Morgan fingerprint density at radius 1 is 1.00 bits per heavy atom. The number of unbranched alkanes of at least 4 members (excludes halogenated alkanes) is 9. The van der Waals surface area contributed by atoms with Crippen LogP contribution in [0.4, 0.5) is 0 Å². The van der Waals surface area contributed by atoms with E-state index >= 15 is 0 Å². The monoisotopic (exact) mass is 340 g/mol. The Morgan fingerprint density at radius 3 is 1.68 bits per heavy atom. The number of ether oxygens (including phenoxy) is 1. The fourth-order valence-corrected chi connectivity index (χ4v) is 1.88. The average Bonchev–Trinajstić information content (AvgIpc) is 2.46. The summed E-state index contributed by atoms with van der Waals surface area (Å²) in [5, 5.41) is 8.11. The quantitative estimate of drug-likeness (QED) is 0.447. The first-order chi connectivity index (χ1) is 10.1. The molecule has 22 heavy (non-hydrogen) atoms. The van der Waals surface area contributed by atoms with Gasteiger partial charge in [-0.25, -0.2) is 0 Å². The molecule has 136 valence electrons. The highest BCUT2D eigenvalue weighted by atomic mass is 35.5. The first-order valence-corrected chi connectivity index (χ1v) is 8.27. The topological polar surface area (TPSA) is 98.6 Å². The third-order valence-corrected chi connectivity index (χ3v) is 3.22. The molecule has 0 saturated heterocycles. The van der Waals surface area contributed by atoms with Gasteiger partial charge in [0.05, 0.1) is 6.61 Å². The summed E-state index contributed by atoms with van der Waals surface area (Å²) >= 11 is 0. The van der Waals surface area contributed by atoms with Gasteiger partial charge in [-0.15, -0.1) is 12.4 Å². The number of rotatable bonds is 13. The number of carboxylic acids is 1. The van der Waals surface area contributed by atoms with Crippen molar-refractivity contribution in [1.82, 2.24) is 0 Å². The number of hydrogen-bond donors (Lipinski definition) is 3. The molecule has 0 rings (SSSR count). The Hall–Kier alpha value is -0.360. The standard InChI is InChI=1S/C12H27N.C4H9NO3.ClH/c1-2-3-4-5-6-7-8-9-10-11-12-13;1-8-2-3(5)4(6)7;/h2-13H2,1H3;3H,2,5H2,1H3,(H,6,7);1H. The van der Waals surface area contributed by atoms with Gasteiger partial charge >= 0.3 is 5.97 Å². The molecule has 0 aromatic carbocycles. The van der Waals surface area contributed by atoms with Crippen LogP contribution < -0.4 is 11.5 Å². The molecule has 6 heteroatoms. The van der Waals surface area contributed by atoms with Crippen molar-refractivity contribution in [2.24, 2.45) is 11.5 Å². The van der Waals surface area contributed by atoms with Crippen LogP contribution in [0, 0.1) is 0 Å². The zero-order valence-corrected chi connectivity index (χ0v) is 15.2. The second-order valence-electron chi connectivity index (χ2n) is 5.37. The van der Waals surface area contributed by atoms with E-state index in [9.17, 15) is 4.79 Å². The van der Waals surface area contributed by atoms with Crippen LogP contribution in [0.3, 0.4) is 0 Å². The van der Waals surface area contributed by atoms with Gasteiger partial charge in [0.15, 0.2) is 0 Å². The highest BCUT2D eigenvalue weighted by Gasteiger charge is 2.08. The lowest BCUT2D eigenvalue weighted by atomic mass is 10.1. The number of methoxy groups -OCH3 is 1. The summed E-state index contributed by atoms with van der Waals surface area (Å²) < 4.78 is 4.46. The smallest absolute Gasteiger partial charge is 0.322 e. The molecule has 0 aromatic heterocycles. The number of halogens is 1. The summed E-state index contributed by atoms with van der Waals surface area (Å²) in [6.45, 7) is 3.21. The molecular weight excluding hydrogens is 304 g/mol. The Bertz CT molecular complexity index is 210. The van der Waals surface area contributed by atoms with Gasteiger partial charge in [-0.2, -0.15) is 0 Å². The van der Waals surface area contributed by atoms with E-state index in [1.807, 2.05) is 0 Å². The fraction of sp³-hybridized carbons (Fsp3) is 0.938. The second-order valence-corrected chi connectivity index (χ2v) is 5.37. The van der Waals surface area contributed by atoms with Crippen LogP contribution in [0.5, 0.6) is 0 Å². The molecule has 5 nitrogen and oxygen atoms in total. The molecule has 0 aliphatic heterocycles. The maximum Gasteiger partial charge on any atom is 0.322 e. The predicted octanol–water partition coefficient (Wildman–Crippen LogP) is 3.33. The first kappa shape index (κ1) is 26.5. The maximum atomic E-state index is 9.88. The van der Waals surface area contributed by atoms with Gasteiger partial charge in [-0.05, 0) is 13.0 Å². The third kappa shape index (κ3) is 24.6. The molecule has 0 heterocycles. The van der Waals surface area contributed by atoms with Gasteiger partial charge < -0.3 is 21.3 Å². The van der Waals surface area contributed by atoms with Crippen LogP contribution >= 0.6 is 12.4 Å². The summed E-state index contributed by atoms with van der Waals surface area (Å²) in [4.78, 5) is 9.88. The van der Waals surface area contributed by atoms with Gasteiger partial charge in [-0.1, -0.05) is 64.7 Å². The van der Waals surface area contributed by atoms with E-state index in [1.165, 1.54) is 71.3 Å². The van der Waals surface area contributed by atoms with Gasteiger partial charge in [0, 0.05) is 7.11 Å². The van der Waals surface area contributed by atoms with Gasteiger partial charge in [0.25, 0.3) is 0 Å². The van der Waals surface area contributed by atoms with E-state index in [0.29, 0.717) is 0 Å². The fourth-order valence-electron chi connectivity index (χ4n) is 1.88. The Kier molecular flexibility index (Phi) is 27.6. The third-order valence-electron chi connectivity index (χ3n) is 3.22. The van der Waals surface area contributed by atoms with Crippen LogP contribution in [-0.2, 0) is 9.53 Å². The van der Waals surface area contributed by atoms with Crippen molar-refractivity contribution >= 4 is 18.4 Å². The molecule has 1 unspecified atom stereocenters. The van der Waals surface area contributed by atoms with Crippen LogP contribution in [0.1, 0.15) is 71.1 Å². The van der Waals surface area contributed by atoms with Crippen LogP contribution in [0.2, 0.25) is 0 Å². The van der Waals surface area contributed by atoms with Crippen molar-refractivity contribution in [2.45, 2.75) is 77.2 Å². The highest BCUT2D eigenvalue weighted by molar-refractivity contribution is 5.85. The van der Waals surface area contributed by atoms with Gasteiger partial charge in [0.2, 0.25) is 0 Å². The average molecular weight is 341 g/mol. The van der Waals surface area contributed by atoms with E-state index in [0.717, 1.165) is 6.54 Å². The Balaban J connectivity index is -0.000000348. The van der Waals surface area contributed by atoms with E-state index in [4.69, 9.17) is 16.6 Å². The number of carboxylic acid groups (broad SMARTS) is 1. The summed E-state index contributed by atoms with van der Waals surface area (Å²) in [6.07, 6.45) is 13.9. The van der Waals surface area contributed by atoms with E-state index < -0.39 is 12.0 Å². The van der Waals surface area contributed by atoms with Crippen molar-refractivity contribution < 1.29 is 14.6 Å². The van der Waals surface area contributed by atoms with Crippen molar-refractivity contribution in [3.8, 4) is 0 Å². The summed E-state index contributed by atoms with van der Waals surface area (Å²) in [6, 6.07) is -0.889. The Morgan fingerprint density at radius 2 is 1.41 bits per heavy atom. The Labute approximate surface area is 142 Å². The number of carbonyl (C=O) groups is 1. The van der Waals surface area contributed by atoms with E-state index in [1.54, 1.807) is 0 Å². The maximum absolute atomic E-state index is 9.88. The molecule has 5 N–H and O–H groups in total. The SMILES string of the molecule is CCCCCCCCCCCCN.COCC(N)C(=O)O.Cl. The number of aliphatic carboxylic acids is 1. The molecule has 0 spiro atoms. The second kappa shape index (κ2) is 22.9. The zero-order valence-electron chi connectivity index (χ0n) is 14.4. The summed E-state index contributed by atoms with van der Waals surface area (Å²) in [5.74, 6) is -1.04. The molecule has 0 aliphatic rings. The van der Waals surface area contributed by atoms with Crippen molar-refractivity contribution in [1.29, 1.82) is 0 Å². The largest absolute Gasteiger partial charge is 0.480 e. The van der Waals surface area contributed by atoms with E-state index in [2.05, 4.69) is 11.7 Å². The zero-order chi connectivity index (χ0) is 16.3. The number of nitrogens with two attached hydrogens (primary N) is 2. The van der Waals surface area contributed by atoms with Gasteiger partial charge in [0.1, 0.15) is 6.04 Å². The van der Waals surface area contributed by atoms with Crippen LogP contribution in [0.25, 0.3) is 0 Å². The molecule has 0 radical (unpaired) electrons. The summed E-state index contributed by atoms with van der Waals surface area (Å²) in [7, 11) is 1.41. The number of hydrogen-bond acceptors (Lipinski definition) is 4. The lowest BCUT2D eigenvalue weighted by Crippen LogP contribution is -2.34. The van der Waals surface area contributed by atoms with Gasteiger partial charge in [-0.3, -0.25) is 4.79 Å². The molecule has 0 aliphatic carbocycles. The minimum absolute atomic E-state index is 0. The lowest BCUT2D eigenvalue weighted by Gasteiger charge is -2.01. The van der Waals surface area contributed by atoms with Crippen LogP contribution in [0.15, 0.2) is 0 Å². The molecule has 0 aromatic rings. The summed E-state index contributed by atoms with van der Waals surface area (Å²) in [5.41, 5.74) is 10.4. The van der Waals surface area contributed by atoms with Crippen LogP contribution in [-0.4, -0.2) is 37.4 Å².